The van der Waals surface area contributed by atoms with Crippen LogP contribution in [0.25, 0.3) is 5.69 Å². The Labute approximate surface area is 117 Å². The Kier molecular flexibility index (Phi) is 4.41. The molecule has 5 heteroatoms. The number of para-hydroxylation sites is 1. The molecule has 0 amide bonds. The van der Waals surface area contributed by atoms with Crippen molar-refractivity contribution < 1.29 is 0 Å². The minimum atomic E-state index is 0.280. The highest BCUT2D eigenvalue weighted by Crippen LogP contribution is 2.02. The molecule has 4 nitrogen and oxygen atoms in total. The summed E-state index contributed by atoms with van der Waals surface area (Å²) in [5.41, 5.74) is 1.01. The molecule has 0 saturated carbocycles. The first-order chi connectivity index (χ1) is 9.15. The Hall–Kier alpha value is -2.01. The normalized spacial score (nSPS) is 11.6. The van der Waals surface area contributed by atoms with Crippen molar-refractivity contribution in [3.63, 3.8) is 0 Å². The predicted molar refractivity (Wildman–Crippen MR) is 80.0 cm³/mol. The van der Waals surface area contributed by atoms with Gasteiger partial charge in [-0.1, -0.05) is 18.2 Å². The average Bonchev–Trinajstić information content (AvgIpc) is 2.39. The van der Waals surface area contributed by atoms with Crippen LogP contribution in [0.15, 0.2) is 53.8 Å². The first-order valence-electron chi connectivity index (χ1n) is 6.11. The predicted octanol–water partition coefficient (Wildman–Crippen LogP) is 2.06. The lowest BCUT2D eigenvalue weighted by Crippen LogP contribution is -2.28. The highest BCUT2D eigenvalue weighted by molar-refractivity contribution is 7.80. The number of nitrogens with one attached hydrogen (secondary N) is 1. The van der Waals surface area contributed by atoms with E-state index in [4.69, 9.17) is 12.2 Å². The lowest BCUT2D eigenvalue weighted by atomic mass is 10.3. The smallest absolute Gasteiger partial charge is 0.193 e. The van der Waals surface area contributed by atoms with Crippen molar-refractivity contribution in [1.29, 1.82) is 0 Å². The van der Waals surface area contributed by atoms with Crippen molar-refractivity contribution in [3.8, 4) is 5.69 Å². The summed E-state index contributed by atoms with van der Waals surface area (Å²) in [5, 5.41) is 8.61. The van der Waals surface area contributed by atoms with Gasteiger partial charge in [0.25, 0.3) is 0 Å². The van der Waals surface area contributed by atoms with E-state index in [1.54, 1.807) is 10.9 Å². The molecule has 1 heterocycles. The molecule has 2 rings (SSSR count). The van der Waals surface area contributed by atoms with Gasteiger partial charge < -0.3 is 5.32 Å². The fourth-order valence-electron chi connectivity index (χ4n) is 1.55. The first-order valence-corrected chi connectivity index (χ1v) is 6.51. The Morgan fingerprint density at radius 3 is 2.58 bits per heavy atom. The zero-order valence-electron chi connectivity index (χ0n) is 10.9. The van der Waals surface area contributed by atoms with E-state index in [2.05, 4.69) is 15.4 Å². The van der Waals surface area contributed by atoms with Gasteiger partial charge >= 0.3 is 0 Å². The molecule has 0 radical (unpaired) electrons. The summed E-state index contributed by atoms with van der Waals surface area (Å²) in [4.78, 5) is 4.28. The number of nitrogens with zero attached hydrogens (tertiary/aromatic N) is 3. The molecular weight excluding hydrogens is 256 g/mol. The summed E-state index contributed by atoms with van der Waals surface area (Å²) in [6, 6.07) is 12.1. The van der Waals surface area contributed by atoms with Crippen molar-refractivity contribution in [3.05, 3.63) is 54.1 Å². The van der Waals surface area contributed by atoms with Gasteiger partial charge in [-0.15, -0.1) is 0 Å². The first kappa shape index (κ1) is 13.4. The maximum absolute atomic E-state index is 5.13. The van der Waals surface area contributed by atoms with Crippen molar-refractivity contribution in [1.82, 2.24) is 15.1 Å². The lowest BCUT2D eigenvalue weighted by Gasteiger charge is -2.06. The molecule has 0 spiro atoms. The number of thiocarbonyl (C=S) groups is 1. The van der Waals surface area contributed by atoms with Crippen LogP contribution in [0.4, 0.5) is 0 Å². The number of hydrogen-bond donors (Lipinski definition) is 1. The highest BCUT2D eigenvalue weighted by Gasteiger charge is 1.96. The minimum absolute atomic E-state index is 0.280. The molecule has 0 saturated heterocycles. The largest absolute Gasteiger partial charge is 0.359 e. The van der Waals surface area contributed by atoms with Crippen LogP contribution in [0.1, 0.15) is 13.8 Å². The van der Waals surface area contributed by atoms with Crippen molar-refractivity contribution >= 4 is 17.3 Å². The van der Waals surface area contributed by atoms with Gasteiger partial charge in [-0.3, -0.25) is 0 Å². The molecule has 0 aliphatic carbocycles. The number of hydrogen-bond acceptors (Lipinski definition) is 2. The van der Waals surface area contributed by atoms with E-state index in [0.29, 0.717) is 5.11 Å². The molecule has 98 valence electrons. The molecule has 0 fully saturated rings. The second kappa shape index (κ2) is 6.24. The molecule has 1 aromatic carbocycles. The molecule has 1 N–H and O–H groups in total. The fraction of sp³-hybridized carbons (Fsp3) is 0.214. The second-order valence-electron chi connectivity index (χ2n) is 4.38. The molecule has 0 atom stereocenters. The van der Waals surface area contributed by atoms with Gasteiger partial charge in [0.15, 0.2) is 5.11 Å². The number of rotatable bonds is 2. The molecule has 0 bridgehead atoms. The van der Waals surface area contributed by atoms with Crippen molar-refractivity contribution in [2.75, 3.05) is 0 Å². The molecule has 1 aromatic heterocycles. The summed E-state index contributed by atoms with van der Waals surface area (Å²) in [7, 11) is 0. The third-order valence-corrected chi connectivity index (χ3v) is 2.57. The molecule has 0 unspecified atom stereocenters. The van der Waals surface area contributed by atoms with Crippen molar-refractivity contribution in [2.45, 2.75) is 19.9 Å². The SMILES string of the molecule is CC(C)NC(=S)N=c1ccn(-c2ccccc2)nc1. The van der Waals surface area contributed by atoms with Gasteiger partial charge in [-0.05, 0) is 44.3 Å². The average molecular weight is 272 g/mol. The highest BCUT2D eigenvalue weighted by atomic mass is 32.1. The van der Waals surface area contributed by atoms with E-state index in [1.807, 2.05) is 56.4 Å². The van der Waals surface area contributed by atoms with Gasteiger partial charge in [0.1, 0.15) is 0 Å². The van der Waals surface area contributed by atoms with Gasteiger partial charge in [0.2, 0.25) is 0 Å². The van der Waals surface area contributed by atoms with Crippen LogP contribution in [0.2, 0.25) is 0 Å². The molecule has 0 aliphatic rings. The summed E-state index contributed by atoms with van der Waals surface area (Å²) >= 11 is 5.13. The molecule has 0 aliphatic heterocycles. The van der Waals surface area contributed by atoms with Gasteiger partial charge in [0, 0.05) is 12.2 Å². The van der Waals surface area contributed by atoms with Crippen molar-refractivity contribution in [2.24, 2.45) is 4.99 Å². The third kappa shape index (κ3) is 3.99. The zero-order valence-corrected chi connectivity index (χ0v) is 11.8. The standard InChI is InChI=1S/C14H16N4S/c1-11(2)16-14(19)17-12-8-9-18(15-10-12)13-6-4-3-5-7-13/h3-11H,1-2H3,(H,16,19). The van der Waals surface area contributed by atoms with Crippen LogP contribution in [0.5, 0.6) is 0 Å². The van der Waals surface area contributed by atoms with E-state index in [1.165, 1.54) is 0 Å². The van der Waals surface area contributed by atoms with Gasteiger partial charge in [-0.2, -0.15) is 5.10 Å². The maximum atomic E-state index is 5.13. The van der Waals surface area contributed by atoms with Crippen LogP contribution >= 0.6 is 12.2 Å². The van der Waals surface area contributed by atoms with E-state index >= 15 is 0 Å². The van der Waals surface area contributed by atoms with Crippen LogP contribution in [0, 0.1) is 0 Å². The lowest BCUT2D eigenvalue weighted by molar-refractivity contribution is 0.734. The second-order valence-corrected chi connectivity index (χ2v) is 4.77. The summed E-state index contributed by atoms with van der Waals surface area (Å²) < 4.78 is 1.79. The van der Waals surface area contributed by atoms with E-state index < -0.39 is 0 Å². The topological polar surface area (TPSA) is 42.2 Å². The van der Waals surface area contributed by atoms with Gasteiger partial charge in [0.05, 0.1) is 17.2 Å². The minimum Gasteiger partial charge on any atom is -0.359 e. The molecule has 2 aromatic rings. The quantitative estimate of drug-likeness (QED) is 0.851. The monoisotopic (exact) mass is 272 g/mol. The van der Waals surface area contributed by atoms with E-state index in [9.17, 15) is 0 Å². The van der Waals surface area contributed by atoms with E-state index in [0.717, 1.165) is 11.0 Å². The third-order valence-electron chi connectivity index (χ3n) is 2.36. The summed E-state index contributed by atoms with van der Waals surface area (Å²) in [6.07, 6.45) is 3.56. The Balaban J connectivity index is 2.19. The Morgan fingerprint density at radius 1 is 1.26 bits per heavy atom. The Morgan fingerprint density at radius 2 is 2.00 bits per heavy atom. The molecule has 19 heavy (non-hydrogen) atoms. The number of benzene rings is 1. The van der Waals surface area contributed by atoms with Crippen LogP contribution < -0.4 is 10.7 Å². The van der Waals surface area contributed by atoms with E-state index in [-0.39, 0.29) is 6.04 Å². The Bertz CT molecular complexity index is 596. The fourth-order valence-corrected chi connectivity index (χ4v) is 1.89. The maximum Gasteiger partial charge on any atom is 0.193 e. The zero-order chi connectivity index (χ0) is 13.7. The van der Waals surface area contributed by atoms with Crippen LogP contribution in [0.3, 0.4) is 0 Å². The molecular formula is C14H16N4S. The summed E-state index contributed by atoms with van der Waals surface area (Å²) in [5.74, 6) is 0. The number of aromatic nitrogens is 2. The van der Waals surface area contributed by atoms with Gasteiger partial charge in [-0.25, -0.2) is 9.67 Å². The van der Waals surface area contributed by atoms with Crippen LogP contribution in [-0.4, -0.2) is 20.9 Å². The summed E-state index contributed by atoms with van der Waals surface area (Å²) in [6.45, 7) is 4.04. The van der Waals surface area contributed by atoms with Crippen LogP contribution in [-0.2, 0) is 0 Å².